The summed E-state index contributed by atoms with van der Waals surface area (Å²) in [6.45, 7) is 7.04. The zero-order valence-corrected chi connectivity index (χ0v) is 11.3. The van der Waals surface area contributed by atoms with Gasteiger partial charge in [-0.3, -0.25) is 0 Å². The second-order valence-corrected chi connectivity index (χ2v) is 4.82. The van der Waals surface area contributed by atoms with Crippen molar-refractivity contribution < 1.29 is 9.30 Å². The third-order valence-corrected chi connectivity index (χ3v) is 2.76. The van der Waals surface area contributed by atoms with Gasteiger partial charge in [0, 0.05) is 17.2 Å². The molecule has 94 valence electrons. The lowest BCUT2D eigenvalue weighted by Gasteiger charge is -2.10. The van der Waals surface area contributed by atoms with Crippen LogP contribution in [0.5, 0.6) is 5.75 Å². The highest BCUT2D eigenvalue weighted by Crippen LogP contribution is 2.15. The van der Waals surface area contributed by atoms with E-state index in [1.807, 2.05) is 19.9 Å². The van der Waals surface area contributed by atoms with Crippen LogP contribution >= 0.6 is 0 Å². The molecule has 0 saturated heterocycles. The van der Waals surface area contributed by atoms with E-state index in [0.717, 1.165) is 12.3 Å². The second kappa shape index (κ2) is 5.67. The van der Waals surface area contributed by atoms with Gasteiger partial charge in [0.05, 0.1) is 6.10 Å². The summed E-state index contributed by atoms with van der Waals surface area (Å²) >= 11 is 0. The summed E-state index contributed by atoms with van der Waals surface area (Å²) in [5.41, 5.74) is 2.47. The number of hydrogen-bond donors (Lipinski definition) is 0. The van der Waals surface area contributed by atoms with Gasteiger partial charge in [0.1, 0.15) is 0 Å². The van der Waals surface area contributed by atoms with Crippen LogP contribution in [0, 0.1) is 6.92 Å². The van der Waals surface area contributed by atoms with Crippen LogP contribution in [-0.4, -0.2) is 6.10 Å². The smallest absolute Gasteiger partial charge is 0.211 e. The molecule has 0 fully saturated rings. The Balaban J connectivity index is 2.19. The molecule has 0 unspecified atom stereocenters. The van der Waals surface area contributed by atoms with Crippen LogP contribution < -0.4 is 9.30 Å². The van der Waals surface area contributed by atoms with Gasteiger partial charge < -0.3 is 4.74 Å². The largest absolute Gasteiger partial charge is 0.485 e. The van der Waals surface area contributed by atoms with Crippen molar-refractivity contribution in [3.63, 3.8) is 0 Å². The Morgan fingerprint density at radius 2 is 1.83 bits per heavy atom. The van der Waals surface area contributed by atoms with Gasteiger partial charge in [-0.1, -0.05) is 30.3 Å². The molecular weight excluding hydrogens is 222 g/mol. The molecule has 0 aliphatic rings. The SMILES string of the molecule is Cc1cc[n+](Cc2ccccc2)cc1OC(C)C. The maximum absolute atomic E-state index is 5.80. The molecule has 0 saturated carbocycles. The molecule has 0 aliphatic carbocycles. The molecule has 1 heterocycles. The molecule has 0 atom stereocenters. The standard InChI is InChI=1S/C16H20NO/c1-13(2)18-16-12-17(10-9-14(16)3)11-15-7-5-4-6-8-15/h4-10,12-13H,11H2,1-3H3/q+1. The van der Waals surface area contributed by atoms with E-state index in [9.17, 15) is 0 Å². The van der Waals surface area contributed by atoms with Crippen molar-refractivity contribution in [1.82, 2.24) is 0 Å². The summed E-state index contributed by atoms with van der Waals surface area (Å²) in [4.78, 5) is 0. The summed E-state index contributed by atoms with van der Waals surface area (Å²) in [6, 6.07) is 12.5. The minimum atomic E-state index is 0.205. The summed E-state index contributed by atoms with van der Waals surface area (Å²) < 4.78 is 7.96. The van der Waals surface area contributed by atoms with Gasteiger partial charge in [-0.25, -0.2) is 0 Å². The quantitative estimate of drug-likeness (QED) is 0.751. The summed E-state index contributed by atoms with van der Waals surface area (Å²) in [5, 5.41) is 0. The van der Waals surface area contributed by atoms with E-state index in [2.05, 4.69) is 54.2 Å². The van der Waals surface area contributed by atoms with Gasteiger partial charge in [0.15, 0.2) is 18.5 Å². The minimum Gasteiger partial charge on any atom is -0.485 e. The van der Waals surface area contributed by atoms with Crippen LogP contribution in [0.4, 0.5) is 0 Å². The Kier molecular flexibility index (Phi) is 3.98. The van der Waals surface area contributed by atoms with E-state index in [0.29, 0.717) is 0 Å². The first-order valence-electron chi connectivity index (χ1n) is 6.35. The van der Waals surface area contributed by atoms with Crippen molar-refractivity contribution in [3.8, 4) is 5.75 Å². The van der Waals surface area contributed by atoms with E-state index < -0.39 is 0 Å². The Labute approximate surface area is 109 Å². The molecule has 18 heavy (non-hydrogen) atoms. The fraction of sp³-hybridized carbons (Fsp3) is 0.312. The van der Waals surface area contributed by atoms with Crippen molar-refractivity contribution in [1.29, 1.82) is 0 Å². The molecule has 2 aromatic rings. The molecule has 0 radical (unpaired) electrons. The summed E-state index contributed by atoms with van der Waals surface area (Å²) in [6.07, 6.45) is 4.37. The van der Waals surface area contributed by atoms with E-state index in [-0.39, 0.29) is 6.10 Å². The number of nitrogens with zero attached hydrogens (tertiary/aromatic N) is 1. The van der Waals surface area contributed by atoms with Gasteiger partial charge >= 0.3 is 0 Å². The molecule has 0 aliphatic heterocycles. The van der Waals surface area contributed by atoms with Crippen molar-refractivity contribution in [2.45, 2.75) is 33.4 Å². The maximum atomic E-state index is 5.80. The topological polar surface area (TPSA) is 13.1 Å². The number of aryl methyl sites for hydroxylation is 1. The molecule has 1 aromatic heterocycles. The van der Waals surface area contributed by atoms with Crippen LogP contribution in [0.3, 0.4) is 0 Å². The minimum absolute atomic E-state index is 0.205. The van der Waals surface area contributed by atoms with Gasteiger partial charge in [-0.05, 0) is 20.8 Å². The highest BCUT2D eigenvalue weighted by Gasteiger charge is 2.09. The number of rotatable bonds is 4. The first-order chi connectivity index (χ1) is 8.65. The number of pyridine rings is 1. The normalized spacial score (nSPS) is 10.7. The van der Waals surface area contributed by atoms with Gasteiger partial charge in [0.25, 0.3) is 0 Å². The summed E-state index contributed by atoms with van der Waals surface area (Å²) in [7, 11) is 0. The molecule has 2 nitrogen and oxygen atoms in total. The Morgan fingerprint density at radius 1 is 1.11 bits per heavy atom. The van der Waals surface area contributed by atoms with Gasteiger partial charge in [-0.2, -0.15) is 4.57 Å². The number of benzene rings is 1. The van der Waals surface area contributed by atoms with Gasteiger partial charge in [0.2, 0.25) is 6.20 Å². The predicted octanol–water partition coefficient (Wildman–Crippen LogP) is 3.12. The number of aromatic nitrogens is 1. The second-order valence-electron chi connectivity index (χ2n) is 4.82. The lowest BCUT2D eigenvalue weighted by atomic mass is 10.2. The highest BCUT2D eigenvalue weighted by molar-refractivity contribution is 5.26. The van der Waals surface area contributed by atoms with Crippen LogP contribution in [0.15, 0.2) is 48.8 Å². The fourth-order valence-corrected chi connectivity index (χ4v) is 1.86. The Morgan fingerprint density at radius 3 is 2.50 bits per heavy atom. The van der Waals surface area contributed by atoms with Crippen molar-refractivity contribution in [3.05, 3.63) is 59.9 Å². The molecule has 2 heteroatoms. The van der Waals surface area contributed by atoms with E-state index in [1.165, 1.54) is 11.1 Å². The number of ether oxygens (including phenoxy) is 1. The Hall–Kier alpha value is -1.83. The molecule has 0 amide bonds. The van der Waals surface area contributed by atoms with Crippen molar-refractivity contribution >= 4 is 0 Å². The monoisotopic (exact) mass is 242 g/mol. The zero-order chi connectivity index (χ0) is 13.0. The first kappa shape index (κ1) is 12.6. The lowest BCUT2D eigenvalue weighted by molar-refractivity contribution is -0.688. The summed E-state index contributed by atoms with van der Waals surface area (Å²) in [5.74, 6) is 0.962. The molecule has 0 spiro atoms. The average molecular weight is 242 g/mol. The lowest BCUT2D eigenvalue weighted by Crippen LogP contribution is -2.33. The van der Waals surface area contributed by atoms with Gasteiger partial charge in [-0.15, -0.1) is 0 Å². The highest BCUT2D eigenvalue weighted by atomic mass is 16.5. The first-order valence-corrected chi connectivity index (χ1v) is 6.35. The fourth-order valence-electron chi connectivity index (χ4n) is 1.86. The molecule has 0 N–H and O–H groups in total. The van der Waals surface area contributed by atoms with Crippen molar-refractivity contribution in [2.75, 3.05) is 0 Å². The number of hydrogen-bond acceptors (Lipinski definition) is 1. The van der Waals surface area contributed by atoms with E-state index in [4.69, 9.17) is 4.74 Å². The average Bonchev–Trinajstić information content (AvgIpc) is 2.34. The third kappa shape index (κ3) is 3.33. The molecule has 2 rings (SSSR count). The van der Waals surface area contributed by atoms with Crippen LogP contribution in [0.25, 0.3) is 0 Å². The van der Waals surface area contributed by atoms with Crippen LogP contribution in [-0.2, 0) is 6.54 Å². The van der Waals surface area contributed by atoms with Crippen molar-refractivity contribution in [2.24, 2.45) is 0 Å². The van der Waals surface area contributed by atoms with Crippen LogP contribution in [0.2, 0.25) is 0 Å². The van der Waals surface area contributed by atoms with E-state index >= 15 is 0 Å². The Bertz CT molecular complexity index is 506. The molecular formula is C16H20NO+. The molecule has 0 bridgehead atoms. The predicted molar refractivity (Wildman–Crippen MR) is 72.7 cm³/mol. The zero-order valence-electron chi connectivity index (χ0n) is 11.3. The maximum Gasteiger partial charge on any atom is 0.211 e. The molecule has 1 aromatic carbocycles. The van der Waals surface area contributed by atoms with E-state index in [1.54, 1.807) is 0 Å². The third-order valence-electron chi connectivity index (χ3n) is 2.76. The van der Waals surface area contributed by atoms with Crippen LogP contribution in [0.1, 0.15) is 25.0 Å².